The van der Waals surface area contributed by atoms with Crippen molar-refractivity contribution in [3.8, 4) is 0 Å². The summed E-state index contributed by atoms with van der Waals surface area (Å²) in [7, 11) is 1.30. The number of rotatable bonds is 7. The normalized spacial score (nSPS) is 17.9. The van der Waals surface area contributed by atoms with Crippen molar-refractivity contribution in [3.05, 3.63) is 45.2 Å². The zero-order valence-corrected chi connectivity index (χ0v) is 20.3. The highest BCUT2D eigenvalue weighted by atomic mass is 35.5. The van der Waals surface area contributed by atoms with Gasteiger partial charge >= 0.3 is 12.1 Å². The molecule has 3 rings (SSSR count). The molecule has 0 saturated carbocycles. The van der Waals surface area contributed by atoms with Crippen LogP contribution in [0.2, 0.25) is 10.0 Å². The molecule has 2 aromatic heterocycles. The number of esters is 1. The topological polar surface area (TPSA) is 126 Å². The lowest BCUT2D eigenvalue weighted by molar-refractivity contribution is 0.0603. The maximum atomic E-state index is 12.8. The van der Waals surface area contributed by atoms with Gasteiger partial charge in [-0.1, -0.05) is 40.6 Å². The standard InChI is InChI=1S/C20H23Cl2N5O5S/c1-4-6-23-20(30)32-12-9-27(19-24-8-13(33-19)18(29)31-3)7-5-11(12)26-17(28)16-15(22)14(21)10(2)25-16/h4,8,11-12,25H,1,5-7,9H2,2-3H3,(H,23,30)(H,26,28). The minimum Gasteiger partial charge on any atom is -0.465 e. The average molecular weight is 516 g/mol. The first-order chi connectivity index (χ1) is 15.7. The van der Waals surface area contributed by atoms with Gasteiger partial charge in [0.15, 0.2) is 5.13 Å². The molecule has 1 aliphatic heterocycles. The molecule has 0 radical (unpaired) electrons. The van der Waals surface area contributed by atoms with Crippen LogP contribution in [-0.4, -0.2) is 66.8 Å². The number of amides is 2. The van der Waals surface area contributed by atoms with Crippen LogP contribution < -0.4 is 15.5 Å². The van der Waals surface area contributed by atoms with Gasteiger partial charge in [0.1, 0.15) is 16.7 Å². The van der Waals surface area contributed by atoms with Gasteiger partial charge in [-0.25, -0.2) is 14.6 Å². The minimum absolute atomic E-state index is 0.128. The number of aromatic nitrogens is 2. The Balaban J connectivity index is 1.76. The monoisotopic (exact) mass is 515 g/mol. The predicted octanol–water partition coefficient (Wildman–Crippen LogP) is 3.16. The fraction of sp³-hybridized carbons (Fsp3) is 0.400. The van der Waals surface area contributed by atoms with E-state index in [2.05, 4.69) is 27.2 Å². The molecular weight excluding hydrogens is 493 g/mol. The van der Waals surface area contributed by atoms with E-state index in [1.807, 2.05) is 4.90 Å². The quantitative estimate of drug-likeness (QED) is 0.381. The van der Waals surface area contributed by atoms with Crippen LogP contribution in [0.4, 0.5) is 9.93 Å². The van der Waals surface area contributed by atoms with Crippen molar-refractivity contribution < 1.29 is 23.9 Å². The molecule has 13 heteroatoms. The lowest BCUT2D eigenvalue weighted by Crippen LogP contribution is -2.56. The largest absolute Gasteiger partial charge is 0.465 e. The maximum Gasteiger partial charge on any atom is 0.407 e. The van der Waals surface area contributed by atoms with Gasteiger partial charge < -0.3 is 30.0 Å². The van der Waals surface area contributed by atoms with Crippen molar-refractivity contribution in [2.75, 3.05) is 31.6 Å². The zero-order chi connectivity index (χ0) is 24.1. The first-order valence-electron chi connectivity index (χ1n) is 9.94. The Morgan fingerprint density at radius 1 is 1.39 bits per heavy atom. The first-order valence-corrected chi connectivity index (χ1v) is 11.5. The van der Waals surface area contributed by atoms with Crippen molar-refractivity contribution in [2.45, 2.75) is 25.5 Å². The summed E-state index contributed by atoms with van der Waals surface area (Å²) in [6.45, 7) is 6.24. The van der Waals surface area contributed by atoms with E-state index in [0.717, 1.165) is 0 Å². The van der Waals surface area contributed by atoms with Crippen LogP contribution in [0.25, 0.3) is 0 Å². The number of carbonyl (C=O) groups excluding carboxylic acids is 3. The fourth-order valence-corrected chi connectivity index (χ4v) is 4.57. The van der Waals surface area contributed by atoms with Crippen LogP contribution in [0.3, 0.4) is 0 Å². The molecule has 1 fully saturated rings. The Morgan fingerprint density at radius 3 is 2.79 bits per heavy atom. The molecule has 1 saturated heterocycles. The number of H-pyrrole nitrogens is 1. The number of alkyl carbamates (subject to hydrolysis) is 1. The Hall–Kier alpha value is -2.76. The lowest BCUT2D eigenvalue weighted by atomic mass is 10.0. The van der Waals surface area contributed by atoms with E-state index in [-0.39, 0.29) is 28.8 Å². The molecule has 33 heavy (non-hydrogen) atoms. The van der Waals surface area contributed by atoms with E-state index in [1.54, 1.807) is 6.92 Å². The molecule has 3 N–H and O–H groups in total. The lowest BCUT2D eigenvalue weighted by Gasteiger charge is -2.38. The van der Waals surface area contributed by atoms with Gasteiger partial charge in [0.2, 0.25) is 0 Å². The number of piperidine rings is 1. The smallest absolute Gasteiger partial charge is 0.407 e. The summed E-state index contributed by atoms with van der Waals surface area (Å²) in [6, 6.07) is -0.498. The van der Waals surface area contributed by atoms with E-state index in [4.69, 9.17) is 32.7 Å². The van der Waals surface area contributed by atoms with Crippen molar-refractivity contribution in [1.82, 2.24) is 20.6 Å². The first kappa shape index (κ1) is 24.9. The molecule has 2 amide bonds. The van der Waals surface area contributed by atoms with Crippen LogP contribution in [-0.2, 0) is 9.47 Å². The van der Waals surface area contributed by atoms with Crippen LogP contribution in [0.5, 0.6) is 0 Å². The molecule has 0 spiro atoms. The van der Waals surface area contributed by atoms with Crippen LogP contribution in [0, 0.1) is 6.92 Å². The zero-order valence-electron chi connectivity index (χ0n) is 17.9. The van der Waals surface area contributed by atoms with Gasteiger partial charge in [-0.15, -0.1) is 6.58 Å². The van der Waals surface area contributed by atoms with E-state index < -0.39 is 30.1 Å². The minimum atomic E-state index is -0.705. The van der Waals surface area contributed by atoms with Crippen LogP contribution in [0.1, 0.15) is 32.3 Å². The van der Waals surface area contributed by atoms with Gasteiger partial charge in [-0.2, -0.15) is 0 Å². The molecule has 0 aromatic carbocycles. The molecule has 1 aliphatic rings. The molecule has 10 nitrogen and oxygen atoms in total. The summed E-state index contributed by atoms with van der Waals surface area (Å²) in [5.41, 5.74) is 0.711. The molecule has 2 unspecified atom stereocenters. The van der Waals surface area contributed by atoms with E-state index in [1.165, 1.54) is 30.7 Å². The van der Waals surface area contributed by atoms with Gasteiger partial charge in [-0.3, -0.25) is 4.79 Å². The Kier molecular flexibility index (Phi) is 8.22. The second kappa shape index (κ2) is 10.9. The van der Waals surface area contributed by atoms with E-state index >= 15 is 0 Å². The number of ether oxygens (including phenoxy) is 2. The number of methoxy groups -OCH3 is 1. The molecule has 3 heterocycles. The van der Waals surface area contributed by atoms with Crippen LogP contribution >= 0.6 is 34.5 Å². The summed E-state index contributed by atoms with van der Waals surface area (Å²) in [4.78, 5) is 46.2. The van der Waals surface area contributed by atoms with Gasteiger partial charge in [0, 0.05) is 18.8 Å². The number of thiazole rings is 1. The average Bonchev–Trinajstić information content (AvgIpc) is 3.39. The second-order valence-corrected chi connectivity index (χ2v) is 8.94. The Morgan fingerprint density at radius 2 is 2.15 bits per heavy atom. The summed E-state index contributed by atoms with van der Waals surface area (Å²) in [5.74, 6) is -0.940. The van der Waals surface area contributed by atoms with Gasteiger partial charge in [0.05, 0.1) is 35.9 Å². The SMILES string of the molecule is C=CCNC(=O)OC1CN(c2ncc(C(=O)OC)s2)CCC1NC(=O)c1[nH]c(C)c(Cl)c1Cl. The summed E-state index contributed by atoms with van der Waals surface area (Å²) < 4.78 is 10.3. The number of hydrogen-bond acceptors (Lipinski definition) is 8. The molecule has 0 bridgehead atoms. The highest BCUT2D eigenvalue weighted by Crippen LogP contribution is 2.30. The number of aryl methyl sites for hydroxylation is 1. The molecule has 2 aromatic rings. The third-order valence-electron chi connectivity index (χ3n) is 4.96. The Labute approximate surface area is 204 Å². The number of anilines is 1. The van der Waals surface area contributed by atoms with E-state index in [0.29, 0.717) is 28.7 Å². The van der Waals surface area contributed by atoms with Crippen molar-refractivity contribution >= 4 is 57.6 Å². The maximum absolute atomic E-state index is 12.8. The third kappa shape index (κ3) is 5.79. The van der Waals surface area contributed by atoms with Crippen molar-refractivity contribution in [1.29, 1.82) is 0 Å². The highest BCUT2D eigenvalue weighted by Gasteiger charge is 2.35. The highest BCUT2D eigenvalue weighted by molar-refractivity contribution is 7.17. The number of nitrogens with zero attached hydrogens (tertiary/aromatic N) is 2. The summed E-state index contributed by atoms with van der Waals surface area (Å²) in [6.07, 6.45) is 2.06. The van der Waals surface area contributed by atoms with Gasteiger partial charge in [-0.05, 0) is 13.3 Å². The van der Waals surface area contributed by atoms with Gasteiger partial charge in [0.25, 0.3) is 5.91 Å². The van der Waals surface area contributed by atoms with Crippen molar-refractivity contribution in [3.63, 3.8) is 0 Å². The van der Waals surface area contributed by atoms with E-state index in [9.17, 15) is 14.4 Å². The summed E-state index contributed by atoms with van der Waals surface area (Å²) in [5, 5.41) is 6.42. The fourth-order valence-electron chi connectivity index (χ4n) is 3.28. The molecule has 0 aliphatic carbocycles. The molecular formula is C20H23Cl2N5O5S. The number of halogens is 2. The van der Waals surface area contributed by atoms with Crippen molar-refractivity contribution in [2.24, 2.45) is 0 Å². The third-order valence-corrected chi connectivity index (χ3v) is 6.94. The number of hydrogen-bond donors (Lipinski definition) is 3. The number of nitrogens with one attached hydrogen (secondary N) is 3. The summed E-state index contributed by atoms with van der Waals surface area (Å²) >= 11 is 13.4. The predicted molar refractivity (Wildman–Crippen MR) is 126 cm³/mol. The number of carbonyl (C=O) groups is 3. The second-order valence-electron chi connectivity index (χ2n) is 7.18. The van der Waals surface area contributed by atoms with Crippen LogP contribution in [0.15, 0.2) is 18.9 Å². The molecule has 2 atom stereocenters. The molecule has 178 valence electrons. The Bertz CT molecular complexity index is 1060. The number of aromatic amines is 1.